The first-order chi connectivity index (χ1) is 14.9. The molecule has 1 saturated heterocycles. The zero-order valence-electron chi connectivity index (χ0n) is 16.5. The number of amides is 1. The minimum Gasteiger partial charge on any atom is -0.361 e. The second kappa shape index (κ2) is 7.77. The summed E-state index contributed by atoms with van der Waals surface area (Å²) in [5.74, 6) is -2.94. The lowest BCUT2D eigenvalue weighted by Gasteiger charge is -2.31. The van der Waals surface area contributed by atoms with E-state index in [0.717, 1.165) is 32.5 Å². The van der Waals surface area contributed by atoms with Crippen molar-refractivity contribution in [2.24, 2.45) is 0 Å². The zero-order chi connectivity index (χ0) is 21.6. The highest BCUT2D eigenvalue weighted by Crippen LogP contribution is 2.38. The number of carbonyl (C=O) groups is 1. The van der Waals surface area contributed by atoms with Gasteiger partial charge < -0.3 is 9.88 Å². The van der Waals surface area contributed by atoms with Crippen LogP contribution >= 0.6 is 22.9 Å². The third-order valence-corrected chi connectivity index (χ3v) is 7.05. The second-order valence-corrected chi connectivity index (χ2v) is 9.11. The van der Waals surface area contributed by atoms with Gasteiger partial charge in [0, 0.05) is 69.6 Å². The van der Waals surface area contributed by atoms with Gasteiger partial charge in [-0.2, -0.15) is 0 Å². The molecule has 0 spiro atoms. The molecule has 0 aliphatic carbocycles. The minimum atomic E-state index is -2.68. The van der Waals surface area contributed by atoms with Crippen molar-refractivity contribution < 1.29 is 13.6 Å². The molecule has 1 aliphatic rings. The highest BCUT2D eigenvalue weighted by molar-refractivity contribution is 7.14. The number of H-pyrrole nitrogens is 1. The van der Waals surface area contributed by atoms with Crippen molar-refractivity contribution in [3.05, 3.63) is 70.7 Å². The Morgan fingerprint density at radius 3 is 2.65 bits per heavy atom. The molecule has 0 bridgehead atoms. The van der Waals surface area contributed by atoms with Gasteiger partial charge in [-0.1, -0.05) is 29.8 Å². The van der Waals surface area contributed by atoms with Gasteiger partial charge in [0.15, 0.2) is 0 Å². The first-order valence-electron chi connectivity index (χ1n) is 10.0. The third kappa shape index (κ3) is 3.86. The number of halogens is 3. The van der Waals surface area contributed by atoms with Crippen LogP contribution in [-0.2, 0) is 0 Å². The summed E-state index contributed by atoms with van der Waals surface area (Å²) >= 11 is 8.17. The summed E-state index contributed by atoms with van der Waals surface area (Å²) in [6, 6.07) is 15.5. The van der Waals surface area contributed by atoms with Gasteiger partial charge in [-0.25, -0.2) is 8.78 Å². The number of benzene rings is 2. The van der Waals surface area contributed by atoms with Crippen molar-refractivity contribution in [3.63, 3.8) is 0 Å². The summed E-state index contributed by atoms with van der Waals surface area (Å²) in [5.41, 5.74) is 4.48. The standard InChI is InChI=1S/C24H19ClF2N2OS/c25-20-12-15(23(30)29-10-7-24(26,27)8-11-29)4-5-17(20)16-13-22(31-14-16)19-2-1-3-21-18(19)6-9-28-21/h1-6,9,12-14,28H,7-8,10-11H2. The fraction of sp³-hybridized carbons (Fsp3) is 0.208. The van der Waals surface area contributed by atoms with E-state index in [1.54, 1.807) is 23.5 Å². The summed E-state index contributed by atoms with van der Waals surface area (Å²) in [5, 5.41) is 3.68. The van der Waals surface area contributed by atoms with E-state index in [2.05, 4.69) is 28.6 Å². The molecule has 2 aromatic heterocycles. The number of nitrogens with one attached hydrogen (secondary N) is 1. The molecular weight excluding hydrogens is 438 g/mol. The molecule has 1 amide bonds. The van der Waals surface area contributed by atoms with E-state index >= 15 is 0 Å². The van der Waals surface area contributed by atoms with Gasteiger partial charge in [-0.05, 0) is 41.3 Å². The average molecular weight is 457 g/mol. The van der Waals surface area contributed by atoms with E-state index in [-0.39, 0.29) is 31.8 Å². The molecule has 0 radical (unpaired) electrons. The van der Waals surface area contributed by atoms with Crippen LogP contribution in [0.4, 0.5) is 8.78 Å². The Balaban J connectivity index is 1.40. The number of alkyl halides is 2. The Hall–Kier alpha value is -2.70. The molecule has 158 valence electrons. The molecule has 3 heterocycles. The second-order valence-electron chi connectivity index (χ2n) is 7.79. The normalized spacial score (nSPS) is 16.0. The fourth-order valence-electron chi connectivity index (χ4n) is 4.02. The molecule has 7 heteroatoms. The number of hydrogen-bond acceptors (Lipinski definition) is 2. The maximum atomic E-state index is 13.4. The van der Waals surface area contributed by atoms with Crippen LogP contribution in [0.2, 0.25) is 5.02 Å². The molecule has 1 N–H and O–H groups in total. The number of hydrogen-bond donors (Lipinski definition) is 1. The zero-order valence-corrected chi connectivity index (χ0v) is 18.1. The smallest absolute Gasteiger partial charge is 0.253 e. The Morgan fingerprint density at radius 1 is 1.06 bits per heavy atom. The summed E-state index contributed by atoms with van der Waals surface area (Å²) in [7, 11) is 0. The van der Waals surface area contributed by atoms with Gasteiger partial charge in [0.05, 0.1) is 0 Å². The van der Waals surface area contributed by atoms with Gasteiger partial charge in [0.2, 0.25) is 0 Å². The summed E-state index contributed by atoms with van der Waals surface area (Å²) in [6.07, 6.45) is 1.34. The highest BCUT2D eigenvalue weighted by Gasteiger charge is 2.35. The van der Waals surface area contributed by atoms with Gasteiger partial charge in [0.1, 0.15) is 0 Å². The van der Waals surface area contributed by atoms with Gasteiger partial charge >= 0.3 is 0 Å². The van der Waals surface area contributed by atoms with Gasteiger partial charge in [0.25, 0.3) is 11.8 Å². The van der Waals surface area contributed by atoms with Gasteiger partial charge in [-0.15, -0.1) is 11.3 Å². The lowest BCUT2D eigenvalue weighted by molar-refractivity contribution is -0.0494. The van der Waals surface area contributed by atoms with E-state index in [0.29, 0.717) is 10.6 Å². The third-order valence-electron chi connectivity index (χ3n) is 5.77. The number of thiophene rings is 1. The van der Waals surface area contributed by atoms with Crippen LogP contribution in [0.25, 0.3) is 32.5 Å². The van der Waals surface area contributed by atoms with Crippen LogP contribution in [0, 0.1) is 0 Å². The molecule has 5 rings (SSSR count). The molecule has 1 aliphatic heterocycles. The Morgan fingerprint density at radius 2 is 1.87 bits per heavy atom. The lowest BCUT2D eigenvalue weighted by Crippen LogP contribution is -2.42. The van der Waals surface area contributed by atoms with Crippen LogP contribution in [0.1, 0.15) is 23.2 Å². The molecule has 0 atom stereocenters. The predicted octanol–water partition coefficient (Wildman–Crippen LogP) is 7.09. The molecule has 1 fully saturated rings. The van der Waals surface area contributed by atoms with Crippen molar-refractivity contribution in [1.29, 1.82) is 0 Å². The van der Waals surface area contributed by atoms with Crippen LogP contribution in [-0.4, -0.2) is 34.8 Å². The Labute approximate surface area is 187 Å². The number of likely N-dealkylation sites (tertiary alicyclic amines) is 1. The largest absolute Gasteiger partial charge is 0.361 e. The van der Waals surface area contributed by atoms with Crippen molar-refractivity contribution >= 4 is 39.7 Å². The molecule has 3 nitrogen and oxygen atoms in total. The summed E-state index contributed by atoms with van der Waals surface area (Å²) in [4.78, 5) is 18.6. The number of aromatic nitrogens is 1. The van der Waals surface area contributed by atoms with Crippen LogP contribution in [0.15, 0.2) is 60.1 Å². The van der Waals surface area contributed by atoms with Crippen molar-refractivity contribution in [3.8, 4) is 21.6 Å². The lowest BCUT2D eigenvalue weighted by atomic mass is 10.0. The fourth-order valence-corrected chi connectivity index (χ4v) is 5.26. The minimum absolute atomic E-state index is 0.0593. The highest BCUT2D eigenvalue weighted by atomic mass is 35.5. The monoisotopic (exact) mass is 456 g/mol. The Bertz CT molecular complexity index is 1270. The molecular formula is C24H19ClF2N2OS. The number of piperidine rings is 1. The van der Waals surface area contributed by atoms with Crippen LogP contribution in [0.3, 0.4) is 0 Å². The van der Waals surface area contributed by atoms with E-state index in [1.165, 1.54) is 4.90 Å². The summed E-state index contributed by atoms with van der Waals surface area (Å²) in [6.45, 7) is 0.119. The van der Waals surface area contributed by atoms with E-state index < -0.39 is 5.92 Å². The number of fused-ring (bicyclic) bond motifs is 1. The molecule has 4 aromatic rings. The number of carbonyl (C=O) groups excluding carboxylic acids is 1. The topological polar surface area (TPSA) is 36.1 Å². The maximum absolute atomic E-state index is 13.4. The molecule has 0 unspecified atom stereocenters. The quantitative estimate of drug-likeness (QED) is 0.351. The summed E-state index contributed by atoms with van der Waals surface area (Å²) < 4.78 is 26.8. The maximum Gasteiger partial charge on any atom is 0.253 e. The van der Waals surface area contributed by atoms with Gasteiger partial charge in [-0.3, -0.25) is 4.79 Å². The Kier molecular flexibility index (Phi) is 5.07. The molecule has 0 saturated carbocycles. The number of aromatic amines is 1. The molecule has 31 heavy (non-hydrogen) atoms. The van der Waals surface area contributed by atoms with Crippen LogP contribution in [0.5, 0.6) is 0 Å². The SMILES string of the molecule is O=C(c1ccc(-c2csc(-c3cccc4[nH]ccc34)c2)c(Cl)c1)N1CCC(F)(F)CC1. The average Bonchev–Trinajstić information content (AvgIpc) is 3.43. The van der Waals surface area contributed by atoms with E-state index in [4.69, 9.17) is 11.6 Å². The first kappa shape index (κ1) is 20.2. The van der Waals surface area contributed by atoms with Crippen molar-refractivity contribution in [2.75, 3.05) is 13.1 Å². The van der Waals surface area contributed by atoms with E-state index in [9.17, 15) is 13.6 Å². The number of nitrogens with zero attached hydrogens (tertiary/aromatic N) is 1. The number of rotatable bonds is 3. The van der Waals surface area contributed by atoms with Crippen molar-refractivity contribution in [2.45, 2.75) is 18.8 Å². The first-order valence-corrected chi connectivity index (χ1v) is 11.3. The predicted molar refractivity (Wildman–Crippen MR) is 122 cm³/mol. The van der Waals surface area contributed by atoms with Crippen LogP contribution < -0.4 is 0 Å². The van der Waals surface area contributed by atoms with E-state index in [1.807, 2.05) is 24.4 Å². The molecule has 2 aromatic carbocycles. The van der Waals surface area contributed by atoms with Crippen molar-refractivity contribution in [1.82, 2.24) is 9.88 Å².